The number of hydrogen-bond donors (Lipinski definition) is 1. The fourth-order valence-corrected chi connectivity index (χ4v) is 3.14. The summed E-state index contributed by atoms with van der Waals surface area (Å²) in [5.41, 5.74) is 0.429. The van der Waals surface area contributed by atoms with Crippen molar-refractivity contribution in [1.82, 2.24) is 0 Å². The van der Waals surface area contributed by atoms with Crippen LogP contribution in [0.3, 0.4) is 0 Å². The Morgan fingerprint density at radius 3 is 2.52 bits per heavy atom. The molecule has 0 fully saturated rings. The molecule has 10 heteroatoms. The number of nitro benzene ring substituents is 1. The molecule has 1 N–H and O–H groups in total. The number of amides is 1. The lowest BCUT2D eigenvalue weighted by atomic mass is 9.99. The van der Waals surface area contributed by atoms with Gasteiger partial charge in [0.15, 0.2) is 5.84 Å². The minimum absolute atomic E-state index is 0.00347. The molecule has 0 bridgehead atoms. The number of carbonyl (C=O) groups excluding carboxylic acids is 2. The van der Waals surface area contributed by atoms with Crippen LogP contribution in [0.5, 0.6) is 0 Å². The number of nitro groups is 1. The molecule has 0 saturated carbocycles. The first kappa shape index (κ1) is 21.8. The zero-order chi connectivity index (χ0) is 22.7. The average Bonchev–Trinajstić information content (AvgIpc) is 3.06. The molecular weight excluding hydrogens is 426 g/mol. The maximum absolute atomic E-state index is 12.7. The van der Waals surface area contributed by atoms with Crippen LogP contribution in [0.15, 0.2) is 63.8 Å². The Morgan fingerprint density at radius 1 is 1.23 bits per heavy atom. The second-order valence-electron chi connectivity index (χ2n) is 6.35. The maximum atomic E-state index is 12.7. The summed E-state index contributed by atoms with van der Waals surface area (Å²) in [5.74, 6) is -1.85. The van der Waals surface area contributed by atoms with Crippen LogP contribution in [-0.2, 0) is 9.53 Å². The van der Waals surface area contributed by atoms with Gasteiger partial charge < -0.3 is 9.84 Å². The van der Waals surface area contributed by atoms with Crippen molar-refractivity contribution in [2.24, 2.45) is 9.98 Å². The molecule has 1 aliphatic rings. The predicted octanol–water partition coefficient (Wildman–Crippen LogP) is 4.03. The molecule has 0 aliphatic carbocycles. The lowest BCUT2D eigenvalue weighted by Crippen LogP contribution is -2.18. The Balaban J connectivity index is 2.09. The predicted molar refractivity (Wildman–Crippen MR) is 114 cm³/mol. The van der Waals surface area contributed by atoms with Gasteiger partial charge >= 0.3 is 5.97 Å². The van der Waals surface area contributed by atoms with E-state index >= 15 is 0 Å². The molecule has 1 amide bonds. The van der Waals surface area contributed by atoms with E-state index in [4.69, 9.17) is 16.3 Å². The molecule has 9 nitrogen and oxygen atoms in total. The highest BCUT2D eigenvalue weighted by Gasteiger charge is 2.30. The Bertz CT molecular complexity index is 1200. The first-order valence-corrected chi connectivity index (χ1v) is 9.45. The molecule has 0 atom stereocenters. The number of aliphatic imine (C=N–C) groups is 2. The van der Waals surface area contributed by atoms with Gasteiger partial charge in [-0.3, -0.25) is 14.9 Å². The van der Waals surface area contributed by atoms with E-state index in [-0.39, 0.29) is 40.1 Å². The van der Waals surface area contributed by atoms with Gasteiger partial charge in [0.25, 0.3) is 11.6 Å². The van der Waals surface area contributed by atoms with Gasteiger partial charge in [-0.2, -0.15) is 4.99 Å². The number of esters is 1. The molecule has 0 unspecified atom stereocenters. The number of nitrogens with zero attached hydrogens (tertiary/aromatic N) is 3. The van der Waals surface area contributed by atoms with Crippen molar-refractivity contribution in [2.75, 3.05) is 6.61 Å². The molecule has 31 heavy (non-hydrogen) atoms. The van der Waals surface area contributed by atoms with Crippen LogP contribution >= 0.6 is 11.6 Å². The number of fused-ring (bicyclic) bond motifs is 1. The third-order valence-electron chi connectivity index (χ3n) is 4.32. The van der Waals surface area contributed by atoms with Crippen molar-refractivity contribution >= 4 is 40.7 Å². The Morgan fingerprint density at radius 2 is 1.90 bits per heavy atom. The molecule has 3 rings (SSSR count). The molecule has 0 aromatic heterocycles. The van der Waals surface area contributed by atoms with Crippen LogP contribution in [0.1, 0.15) is 35.3 Å². The van der Waals surface area contributed by atoms with E-state index in [1.165, 1.54) is 19.1 Å². The van der Waals surface area contributed by atoms with Gasteiger partial charge in [0.05, 0.1) is 17.2 Å². The van der Waals surface area contributed by atoms with Crippen LogP contribution in [0.2, 0.25) is 5.02 Å². The summed E-state index contributed by atoms with van der Waals surface area (Å²) < 4.78 is 5.00. The van der Waals surface area contributed by atoms with Crippen molar-refractivity contribution in [1.29, 1.82) is 0 Å². The smallest absolute Gasteiger partial charge is 0.343 e. The SMILES string of the molecule is CCOC(=O)/C(C1=NC(=NC(=O)c2ccc(Cl)c([N+](=O)[O-])c2)c2ccccc21)=C(\C)O. The van der Waals surface area contributed by atoms with E-state index in [1.807, 2.05) is 0 Å². The summed E-state index contributed by atoms with van der Waals surface area (Å²) in [4.78, 5) is 43.7. The van der Waals surface area contributed by atoms with E-state index in [2.05, 4.69) is 9.98 Å². The van der Waals surface area contributed by atoms with Gasteiger partial charge in [-0.05, 0) is 26.0 Å². The van der Waals surface area contributed by atoms with Crippen LogP contribution in [-0.4, -0.2) is 40.1 Å². The molecule has 0 radical (unpaired) electrons. The van der Waals surface area contributed by atoms with Gasteiger partial charge in [0.1, 0.15) is 16.4 Å². The molecular formula is C21H16ClN3O6. The minimum Gasteiger partial charge on any atom is -0.512 e. The first-order valence-electron chi connectivity index (χ1n) is 9.07. The molecule has 1 aliphatic heterocycles. The molecule has 1 heterocycles. The van der Waals surface area contributed by atoms with Crippen molar-refractivity contribution in [2.45, 2.75) is 13.8 Å². The fraction of sp³-hybridized carbons (Fsp3) is 0.143. The number of ether oxygens (including phenoxy) is 1. The summed E-state index contributed by atoms with van der Waals surface area (Å²) in [6.45, 7) is 3.05. The van der Waals surface area contributed by atoms with Gasteiger partial charge in [0, 0.05) is 22.8 Å². The zero-order valence-corrected chi connectivity index (χ0v) is 17.2. The van der Waals surface area contributed by atoms with E-state index in [9.17, 15) is 24.8 Å². The lowest BCUT2D eigenvalue weighted by Gasteiger charge is -2.08. The van der Waals surface area contributed by atoms with Gasteiger partial charge in [-0.1, -0.05) is 35.9 Å². The highest BCUT2D eigenvalue weighted by Crippen LogP contribution is 2.28. The number of aliphatic hydroxyl groups is 1. The molecule has 158 valence electrons. The number of amidine groups is 1. The number of benzene rings is 2. The Hall–Kier alpha value is -3.85. The van der Waals surface area contributed by atoms with Crippen molar-refractivity contribution < 1.29 is 24.4 Å². The molecule has 0 spiro atoms. The Kier molecular flexibility index (Phi) is 6.26. The first-order chi connectivity index (χ1) is 14.7. The quantitative estimate of drug-likeness (QED) is 0.245. The van der Waals surface area contributed by atoms with Gasteiger partial charge in [0.2, 0.25) is 0 Å². The van der Waals surface area contributed by atoms with Crippen LogP contribution in [0, 0.1) is 10.1 Å². The summed E-state index contributed by atoms with van der Waals surface area (Å²) in [7, 11) is 0. The zero-order valence-electron chi connectivity index (χ0n) is 16.5. The summed E-state index contributed by atoms with van der Waals surface area (Å²) >= 11 is 5.79. The number of allylic oxidation sites excluding steroid dienone is 1. The second kappa shape index (κ2) is 8.88. The van der Waals surface area contributed by atoms with Crippen molar-refractivity contribution in [3.8, 4) is 0 Å². The normalized spacial score (nSPS) is 14.5. The third kappa shape index (κ3) is 4.36. The van der Waals surface area contributed by atoms with Crippen LogP contribution < -0.4 is 0 Å². The number of halogens is 1. The number of carbonyl (C=O) groups is 2. The van der Waals surface area contributed by atoms with E-state index in [0.29, 0.717) is 11.1 Å². The fourth-order valence-electron chi connectivity index (χ4n) is 2.95. The van der Waals surface area contributed by atoms with Crippen molar-refractivity contribution in [3.05, 3.63) is 85.6 Å². The number of rotatable bonds is 5. The molecule has 2 aromatic rings. The number of aliphatic hydroxyl groups excluding tert-OH is 1. The monoisotopic (exact) mass is 441 g/mol. The van der Waals surface area contributed by atoms with Crippen LogP contribution in [0.25, 0.3) is 0 Å². The minimum atomic E-state index is -0.781. The highest BCUT2D eigenvalue weighted by molar-refractivity contribution is 6.36. The van der Waals surface area contributed by atoms with E-state index in [0.717, 1.165) is 6.07 Å². The van der Waals surface area contributed by atoms with Gasteiger partial charge in [-0.15, -0.1) is 0 Å². The Labute approximate surface area is 181 Å². The third-order valence-corrected chi connectivity index (χ3v) is 4.64. The topological polar surface area (TPSA) is 131 Å². The summed E-state index contributed by atoms with van der Waals surface area (Å²) in [5, 5.41) is 21.0. The lowest BCUT2D eigenvalue weighted by molar-refractivity contribution is -0.384. The van der Waals surface area contributed by atoms with Crippen LogP contribution in [0.4, 0.5) is 5.69 Å². The number of hydrogen-bond acceptors (Lipinski definition) is 6. The highest BCUT2D eigenvalue weighted by atomic mass is 35.5. The summed E-state index contributed by atoms with van der Waals surface area (Å²) in [6.07, 6.45) is 0. The largest absolute Gasteiger partial charge is 0.512 e. The van der Waals surface area contributed by atoms with E-state index in [1.54, 1.807) is 31.2 Å². The average molecular weight is 442 g/mol. The summed E-state index contributed by atoms with van der Waals surface area (Å²) in [6, 6.07) is 10.3. The molecule has 0 saturated heterocycles. The van der Waals surface area contributed by atoms with E-state index < -0.39 is 22.5 Å². The second-order valence-corrected chi connectivity index (χ2v) is 6.76. The molecule has 2 aromatic carbocycles. The van der Waals surface area contributed by atoms with Crippen molar-refractivity contribution in [3.63, 3.8) is 0 Å². The van der Waals surface area contributed by atoms with Gasteiger partial charge in [-0.25, -0.2) is 9.79 Å². The maximum Gasteiger partial charge on any atom is 0.343 e. The standard InChI is InChI=1S/C21H16ClN3O6/c1-3-31-21(28)17(11(2)26)18-13-6-4-5-7-14(13)19(23-18)24-20(27)12-8-9-15(22)16(10-12)25(29)30/h4-10,26H,3H2,1-2H3/b17-11+,24-19?.